The molecule has 1 nitrogen and oxygen atoms in total. The van der Waals surface area contributed by atoms with Gasteiger partial charge in [-0.25, -0.2) is 0 Å². The van der Waals surface area contributed by atoms with E-state index in [1.165, 1.54) is 101 Å². The van der Waals surface area contributed by atoms with Crippen LogP contribution in [-0.4, -0.2) is 11.2 Å². The third-order valence-electron chi connectivity index (χ3n) is 7.05. The highest BCUT2D eigenvalue weighted by molar-refractivity contribution is 5.32. The van der Waals surface area contributed by atoms with Crippen molar-refractivity contribution in [2.24, 2.45) is 0 Å². The molecule has 2 aromatic carbocycles. The molecule has 184 valence electrons. The van der Waals surface area contributed by atoms with Gasteiger partial charge in [0.2, 0.25) is 0 Å². The van der Waals surface area contributed by atoms with Gasteiger partial charge in [0.15, 0.2) is 0 Å². The third-order valence-corrected chi connectivity index (χ3v) is 7.05. The normalized spacial score (nSPS) is 12.3. The first-order chi connectivity index (χ1) is 16.3. The molecule has 33 heavy (non-hydrogen) atoms. The second kappa shape index (κ2) is 18.8. The summed E-state index contributed by atoms with van der Waals surface area (Å²) in [5, 5.41) is 10.7. The molecular formula is C32H50O. The zero-order chi connectivity index (χ0) is 23.4. The monoisotopic (exact) mass is 450 g/mol. The molecule has 0 saturated carbocycles. The molecule has 0 saturated heterocycles. The van der Waals surface area contributed by atoms with Crippen molar-refractivity contribution < 1.29 is 5.11 Å². The lowest BCUT2D eigenvalue weighted by molar-refractivity contribution is 0.146. The average molecular weight is 451 g/mol. The van der Waals surface area contributed by atoms with Crippen LogP contribution >= 0.6 is 0 Å². The van der Waals surface area contributed by atoms with Gasteiger partial charge in [-0.2, -0.15) is 0 Å². The van der Waals surface area contributed by atoms with Gasteiger partial charge in [-0.3, -0.25) is 0 Å². The van der Waals surface area contributed by atoms with E-state index in [0.29, 0.717) is 0 Å². The van der Waals surface area contributed by atoms with E-state index in [9.17, 15) is 5.11 Å². The summed E-state index contributed by atoms with van der Waals surface area (Å²) in [6.07, 6.45) is 22.3. The molecule has 0 aliphatic heterocycles. The number of hydrogen-bond donors (Lipinski definition) is 1. The van der Waals surface area contributed by atoms with E-state index >= 15 is 0 Å². The summed E-state index contributed by atoms with van der Waals surface area (Å²) in [4.78, 5) is 0. The van der Waals surface area contributed by atoms with Crippen molar-refractivity contribution in [3.8, 4) is 0 Å². The molecule has 1 heteroatoms. The van der Waals surface area contributed by atoms with Crippen LogP contribution in [0.25, 0.3) is 0 Å². The molecule has 0 aliphatic carbocycles. The van der Waals surface area contributed by atoms with E-state index < -0.39 is 0 Å². The van der Waals surface area contributed by atoms with E-state index in [0.717, 1.165) is 19.3 Å². The summed E-state index contributed by atoms with van der Waals surface area (Å²) in [6, 6.07) is 21.3. The van der Waals surface area contributed by atoms with Crippen molar-refractivity contribution in [1.82, 2.24) is 0 Å². The Morgan fingerprint density at radius 3 is 1.27 bits per heavy atom. The molecule has 0 aromatic heterocycles. The van der Waals surface area contributed by atoms with Gasteiger partial charge < -0.3 is 5.11 Å². The third kappa shape index (κ3) is 13.0. The first-order valence-electron chi connectivity index (χ1n) is 14.1. The Morgan fingerprint density at radius 1 is 0.515 bits per heavy atom. The largest absolute Gasteiger partial charge is 0.393 e. The molecule has 0 fully saturated rings. The predicted molar refractivity (Wildman–Crippen MR) is 145 cm³/mol. The van der Waals surface area contributed by atoms with Crippen molar-refractivity contribution in [1.29, 1.82) is 0 Å². The van der Waals surface area contributed by atoms with Crippen LogP contribution in [0.3, 0.4) is 0 Å². The molecule has 0 heterocycles. The fourth-order valence-electron chi connectivity index (χ4n) is 4.98. The summed E-state index contributed by atoms with van der Waals surface area (Å²) in [5.41, 5.74) is 2.61. The van der Waals surface area contributed by atoms with Crippen LogP contribution in [-0.2, 0) is 0 Å². The highest BCUT2D eigenvalue weighted by atomic mass is 16.3. The Hall–Kier alpha value is -1.60. The van der Waals surface area contributed by atoms with Gasteiger partial charge >= 0.3 is 0 Å². The van der Waals surface area contributed by atoms with Gasteiger partial charge in [-0.1, -0.05) is 164 Å². The van der Waals surface area contributed by atoms with Gasteiger partial charge in [0.25, 0.3) is 0 Å². The molecule has 0 radical (unpaired) electrons. The van der Waals surface area contributed by atoms with Crippen LogP contribution in [0.2, 0.25) is 0 Å². The Balaban J connectivity index is 1.50. The molecule has 1 N–H and O–H groups in total. The number of benzene rings is 2. The number of aliphatic hydroxyl groups excluding tert-OH is 1. The van der Waals surface area contributed by atoms with E-state index in [-0.39, 0.29) is 12.0 Å². The number of hydrogen-bond acceptors (Lipinski definition) is 1. The fourth-order valence-corrected chi connectivity index (χ4v) is 4.98. The molecule has 0 spiro atoms. The highest BCUT2D eigenvalue weighted by Gasteiger charge is 2.18. The lowest BCUT2D eigenvalue weighted by Crippen LogP contribution is -2.13. The van der Waals surface area contributed by atoms with Crippen molar-refractivity contribution >= 4 is 0 Å². The Labute approximate surface area is 205 Å². The quantitative estimate of drug-likeness (QED) is 0.199. The minimum Gasteiger partial charge on any atom is -0.393 e. The van der Waals surface area contributed by atoms with Crippen LogP contribution in [0.4, 0.5) is 0 Å². The van der Waals surface area contributed by atoms with Crippen molar-refractivity contribution in [2.45, 2.75) is 128 Å². The minimum absolute atomic E-state index is 0.225. The summed E-state index contributed by atoms with van der Waals surface area (Å²) in [5.74, 6) is 0.277. The number of aliphatic hydroxyl groups is 1. The average Bonchev–Trinajstić information content (AvgIpc) is 2.86. The molecule has 2 aromatic rings. The Bertz CT molecular complexity index is 626. The lowest BCUT2D eigenvalue weighted by atomic mass is 9.85. The van der Waals surface area contributed by atoms with E-state index in [1.54, 1.807) is 0 Å². The predicted octanol–water partition coefficient (Wildman–Crippen LogP) is 9.83. The molecule has 2 rings (SSSR count). The van der Waals surface area contributed by atoms with E-state index in [2.05, 4.69) is 67.6 Å². The molecule has 0 amide bonds. The maximum absolute atomic E-state index is 10.7. The molecule has 0 aliphatic rings. The van der Waals surface area contributed by atoms with Crippen molar-refractivity contribution in [3.63, 3.8) is 0 Å². The topological polar surface area (TPSA) is 20.2 Å². The van der Waals surface area contributed by atoms with Gasteiger partial charge in [-0.05, 0) is 24.0 Å². The Kier molecular flexibility index (Phi) is 15.7. The van der Waals surface area contributed by atoms with Crippen LogP contribution in [0.1, 0.15) is 133 Å². The van der Waals surface area contributed by atoms with Crippen LogP contribution < -0.4 is 0 Å². The standard InChI is InChI=1S/C32H50O/c1-2-3-4-5-6-7-8-9-10-11-12-13-14-15-22-27-31(33)28-32(29-23-18-16-19-24-29)30-25-20-17-21-26-30/h16-21,23-26,31-33H,2-15,22,27-28H2,1H3. The number of rotatable bonds is 20. The maximum atomic E-state index is 10.7. The highest BCUT2D eigenvalue weighted by Crippen LogP contribution is 2.30. The maximum Gasteiger partial charge on any atom is 0.0549 e. The second-order valence-electron chi connectivity index (χ2n) is 10.0. The van der Waals surface area contributed by atoms with E-state index in [1.807, 2.05) is 0 Å². The summed E-state index contributed by atoms with van der Waals surface area (Å²) in [7, 11) is 0. The van der Waals surface area contributed by atoms with Crippen LogP contribution in [0, 0.1) is 0 Å². The van der Waals surface area contributed by atoms with Crippen molar-refractivity contribution in [2.75, 3.05) is 0 Å². The van der Waals surface area contributed by atoms with Gasteiger partial charge in [0.05, 0.1) is 6.10 Å². The second-order valence-corrected chi connectivity index (χ2v) is 10.0. The SMILES string of the molecule is CCCCCCCCCCCCCCCCCC(O)CC(c1ccccc1)c1ccccc1. The summed E-state index contributed by atoms with van der Waals surface area (Å²) < 4.78 is 0. The van der Waals surface area contributed by atoms with E-state index in [4.69, 9.17) is 0 Å². The van der Waals surface area contributed by atoms with Gasteiger partial charge in [0.1, 0.15) is 0 Å². The van der Waals surface area contributed by atoms with Gasteiger partial charge in [-0.15, -0.1) is 0 Å². The zero-order valence-electron chi connectivity index (χ0n) is 21.4. The molecule has 1 atom stereocenters. The summed E-state index contributed by atoms with van der Waals surface area (Å²) in [6.45, 7) is 2.29. The lowest BCUT2D eigenvalue weighted by Gasteiger charge is -2.21. The van der Waals surface area contributed by atoms with Gasteiger partial charge in [0, 0.05) is 5.92 Å². The molecule has 1 unspecified atom stereocenters. The van der Waals surface area contributed by atoms with Crippen molar-refractivity contribution in [3.05, 3.63) is 71.8 Å². The smallest absolute Gasteiger partial charge is 0.0549 e. The van der Waals surface area contributed by atoms with Crippen LogP contribution in [0.5, 0.6) is 0 Å². The molecule has 0 bridgehead atoms. The van der Waals surface area contributed by atoms with Crippen LogP contribution in [0.15, 0.2) is 60.7 Å². The first kappa shape index (κ1) is 27.6. The zero-order valence-corrected chi connectivity index (χ0v) is 21.4. The first-order valence-corrected chi connectivity index (χ1v) is 14.1. The summed E-state index contributed by atoms with van der Waals surface area (Å²) >= 11 is 0. The molecular weight excluding hydrogens is 400 g/mol. The fraction of sp³-hybridized carbons (Fsp3) is 0.625. The Morgan fingerprint density at radius 2 is 0.879 bits per heavy atom. The number of unbranched alkanes of at least 4 members (excludes halogenated alkanes) is 14. The minimum atomic E-state index is -0.225.